The van der Waals surface area contributed by atoms with E-state index in [0.29, 0.717) is 95.9 Å². The number of rotatable bonds is 20. The molecule has 2 aliphatic heterocycles. The number of anilines is 2. The smallest absolute Gasteiger partial charge is 0.274 e. The quantitative estimate of drug-likeness (QED) is 0.0629. The van der Waals surface area contributed by atoms with Gasteiger partial charge in [0.25, 0.3) is 17.4 Å². The van der Waals surface area contributed by atoms with Crippen molar-refractivity contribution in [2.75, 3.05) is 48.8 Å². The summed E-state index contributed by atoms with van der Waals surface area (Å²) in [6.07, 6.45) is 5.24. The first kappa shape index (κ1) is 44.3. The third kappa shape index (κ3) is 9.91. The minimum atomic E-state index is -3.57. The molecule has 4 amide bonds. The molecular weight excluding hydrogens is 863 g/mol. The van der Waals surface area contributed by atoms with Gasteiger partial charge in [0.1, 0.15) is 41.1 Å². The number of nitrogens with zero attached hydrogens (tertiary/aromatic N) is 5. The maximum Gasteiger partial charge on any atom is 0.274 e. The van der Waals surface area contributed by atoms with Crippen LogP contribution in [0.2, 0.25) is 0 Å². The Bertz CT molecular complexity index is 2960. The molecule has 3 aromatic heterocycles. The van der Waals surface area contributed by atoms with Crippen LogP contribution in [0.1, 0.15) is 46.2 Å². The van der Waals surface area contributed by atoms with E-state index in [1.807, 2.05) is 0 Å². The largest absolute Gasteiger partial charge is 0.487 e. The standard InChI is InChI=1S/C44H45N9O11S/c1-3-65(59,60)49-27-10-12-37(33(22-27)34-25-51(2)44(58)40-31(34)14-15-46-40)64-30-7-4-6-29(23-30)63-26-28-24-52(50-48-28)17-19-62-21-20-61-18-16-45-35-9-5-8-32-39(35)43(57)53(42(32)56)36-11-13-38(54)47-41(36)55/h4-10,12,14-15,22-25,36,45-46,49H,3,11,13,16-21,26H2,1-2H3,(H,47,54,55). The SMILES string of the molecule is CCS(=O)(=O)Nc1ccc(Oc2cccc(OCc3cn(CCOCCOCCNc4cccc5c4C(=O)N(C4CCC(=O)NC4=O)C5=O)nn3)c2)c(-c2cn(C)c(=O)c3[nH]ccc23)c1. The molecule has 4 N–H and O–H groups in total. The van der Waals surface area contributed by atoms with Gasteiger partial charge in [-0.2, -0.15) is 0 Å². The van der Waals surface area contributed by atoms with Gasteiger partial charge in [0.2, 0.25) is 21.8 Å². The van der Waals surface area contributed by atoms with E-state index in [0.717, 1.165) is 4.90 Å². The summed E-state index contributed by atoms with van der Waals surface area (Å²) in [5.41, 5.74) is 3.17. The van der Waals surface area contributed by atoms with Crippen molar-refractivity contribution in [2.45, 2.75) is 39.0 Å². The summed E-state index contributed by atoms with van der Waals surface area (Å²) in [7, 11) is -1.93. The Balaban J connectivity index is 0.785. The topological polar surface area (TPSA) is 247 Å². The molecule has 0 saturated carbocycles. The lowest BCUT2D eigenvalue weighted by molar-refractivity contribution is -0.136. The summed E-state index contributed by atoms with van der Waals surface area (Å²) in [5, 5.41) is 14.3. The van der Waals surface area contributed by atoms with Gasteiger partial charge in [-0.1, -0.05) is 17.3 Å². The Morgan fingerprint density at radius 2 is 1.66 bits per heavy atom. The third-order valence-electron chi connectivity index (χ3n) is 10.7. The average molecular weight is 908 g/mol. The highest BCUT2D eigenvalue weighted by Crippen LogP contribution is 2.39. The molecule has 1 saturated heterocycles. The average Bonchev–Trinajstić information content (AvgIpc) is 4.03. The summed E-state index contributed by atoms with van der Waals surface area (Å²) in [6.45, 7) is 3.73. The number of nitrogens with one attached hydrogen (secondary N) is 4. The molecule has 1 fully saturated rings. The van der Waals surface area contributed by atoms with Crippen molar-refractivity contribution in [3.63, 3.8) is 0 Å². The minimum absolute atomic E-state index is 0.0445. The summed E-state index contributed by atoms with van der Waals surface area (Å²) in [6, 6.07) is 17.6. The minimum Gasteiger partial charge on any atom is -0.487 e. The molecule has 2 aliphatic rings. The molecule has 3 aromatic carbocycles. The summed E-state index contributed by atoms with van der Waals surface area (Å²) in [4.78, 5) is 67.1. The van der Waals surface area contributed by atoms with Crippen molar-refractivity contribution in [1.82, 2.24) is 34.8 Å². The number of imide groups is 2. The lowest BCUT2D eigenvalue weighted by Gasteiger charge is -2.27. The number of ether oxygens (including phenoxy) is 4. The van der Waals surface area contributed by atoms with Gasteiger partial charge < -0.3 is 33.8 Å². The Kier molecular flexibility index (Phi) is 13.1. The van der Waals surface area contributed by atoms with Crippen LogP contribution in [0.25, 0.3) is 22.0 Å². The second kappa shape index (κ2) is 19.2. The van der Waals surface area contributed by atoms with Gasteiger partial charge in [0, 0.05) is 66.4 Å². The van der Waals surface area contributed by atoms with E-state index in [1.165, 1.54) is 10.6 Å². The number of piperidine rings is 1. The maximum atomic E-state index is 13.3. The maximum absolute atomic E-state index is 13.3. The number of benzene rings is 3. The molecule has 5 heterocycles. The molecule has 0 aliphatic carbocycles. The Labute approximate surface area is 371 Å². The Morgan fingerprint density at radius 1 is 0.862 bits per heavy atom. The fourth-order valence-corrected chi connectivity index (χ4v) is 8.08. The number of hydrogen-bond donors (Lipinski definition) is 4. The number of sulfonamides is 1. The highest BCUT2D eigenvalue weighted by atomic mass is 32.2. The van der Waals surface area contributed by atoms with Crippen LogP contribution in [0, 0.1) is 0 Å². The Hall–Kier alpha value is -7.36. The van der Waals surface area contributed by atoms with Crippen LogP contribution < -0.4 is 30.4 Å². The van der Waals surface area contributed by atoms with E-state index in [1.54, 1.807) is 97.9 Å². The van der Waals surface area contributed by atoms with E-state index < -0.39 is 39.7 Å². The van der Waals surface area contributed by atoms with Crippen LogP contribution in [0.15, 0.2) is 90.1 Å². The van der Waals surface area contributed by atoms with Gasteiger partial charge >= 0.3 is 0 Å². The van der Waals surface area contributed by atoms with Gasteiger partial charge in [-0.3, -0.25) is 38.9 Å². The van der Waals surface area contributed by atoms with Crippen molar-refractivity contribution >= 4 is 55.9 Å². The van der Waals surface area contributed by atoms with E-state index in [9.17, 15) is 32.4 Å². The predicted octanol–water partition coefficient (Wildman–Crippen LogP) is 3.80. The third-order valence-corrected chi connectivity index (χ3v) is 12.0. The highest BCUT2D eigenvalue weighted by Gasteiger charge is 2.45. The van der Waals surface area contributed by atoms with Crippen molar-refractivity contribution in [3.05, 3.63) is 112 Å². The normalized spacial score (nSPS) is 15.0. The zero-order valence-electron chi connectivity index (χ0n) is 35.4. The molecule has 0 bridgehead atoms. The molecule has 65 heavy (non-hydrogen) atoms. The molecule has 0 radical (unpaired) electrons. The molecule has 6 aromatic rings. The van der Waals surface area contributed by atoms with E-state index >= 15 is 0 Å². The number of aromatic amines is 1. The van der Waals surface area contributed by atoms with Crippen LogP contribution in [-0.2, 0) is 49.3 Å². The zero-order chi connectivity index (χ0) is 45.7. The summed E-state index contributed by atoms with van der Waals surface area (Å²) in [5.74, 6) is -0.972. The van der Waals surface area contributed by atoms with E-state index in [4.69, 9.17) is 18.9 Å². The number of amides is 4. The fraction of sp³-hybridized carbons (Fsp3) is 0.295. The highest BCUT2D eigenvalue weighted by molar-refractivity contribution is 7.92. The monoisotopic (exact) mass is 907 g/mol. The lowest BCUT2D eigenvalue weighted by atomic mass is 10.0. The molecule has 8 rings (SSSR count). The number of carbonyl (C=O) groups excluding carboxylic acids is 4. The molecular formula is C44H45N9O11S. The van der Waals surface area contributed by atoms with Crippen molar-refractivity contribution in [3.8, 4) is 28.4 Å². The number of pyridine rings is 1. The second-order valence-electron chi connectivity index (χ2n) is 15.1. The first-order valence-electron chi connectivity index (χ1n) is 20.7. The molecule has 20 nitrogen and oxygen atoms in total. The fourth-order valence-electron chi connectivity index (χ4n) is 7.45. The van der Waals surface area contributed by atoms with Crippen molar-refractivity contribution in [2.24, 2.45) is 7.05 Å². The van der Waals surface area contributed by atoms with Crippen LogP contribution in [0.3, 0.4) is 0 Å². The molecule has 0 spiro atoms. The number of H-pyrrole nitrogens is 1. The molecule has 1 unspecified atom stereocenters. The van der Waals surface area contributed by atoms with Crippen LogP contribution in [0.4, 0.5) is 11.4 Å². The van der Waals surface area contributed by atoms with Crippen LogP contribution >= 0.6 is 0 Å². The van der Waals surface area contributed by atoms with Gasteiger partial charge in [-0.25, -0.2) is 13.1 Å². The second-order valence-corrected chi connectivity index (χ2v) is 17.1. The lowest BCUT2D eigenvalue weighted by Crippen LogP contribution is -2.54. The number of fused-ring (bicyclic) bond motifs is 2. The number of aromatic nitrogens is 5. The predicted molar refractivity (Wildman–Crippen MR) is 236 cm³/mol. The van der Waals surface area contributed by atoms with Crippen molar-refractivity contribution in [1.29, 1.82) is 0 Å². The first-order chi connectivity index (χ1) is 31.4. The summed E-state index contributed by atoms with van der Waals surface area (Å²) >= 11 is 0. The Morgan fingerprint density at radius 3 is 2.48 bits per heavy atom. The van der Waals surface area contributed by atoms with Crippen LogP contribution in [0.5, 0.6) is 17.2 Å². The number of hydrogen-bond acceptors (Lipinski definition) is 14. The van der Waals surface area contributed by atoms with E-state index in [2.05, 4.69) is 30.7 Å². The number of aryl methyl sites for hydroxylation is 1. The van der Waals surface area contributed by atoms with Gasteiger partial charge in [0.05, 0.1) is 56.0 Å². The van der Waals surface area contributed by atoms with E-state index in [-0.39, 0.29) is 41.9 Å². The van der Waals surface area contributed by atoms with Gasteiger partial charge in [-0.05, 0) is 61.9 Å². The summed E-state index contributed by atoms with van der Waals surface area (Å²) < 4.78 is 54.3. The molecule has 1 atom stereocenters. The van der Waals surface area contributed by atoms with Gasteiger partial charge in [-0.15, -0.1) is 5.10 Å². The van der Waals surface area contributed by atoms with Gasteiger partial charge in [0.15, 0.2) is 0 Å². The first-order valence-corrected chi connectivity index (χ1v) is 22.4. The molecule has 21 heteroatoms. The van der Waals surface area contributed by atoms with Crippen LogP contribution in [-0.4, -0.2) is 106 Å². The number of carbonyl (C=O) groups is 4. The van der Waals surface area contributed by atoms with Crippen molar-refractivity contribution < 1.29 is 46.5 Å². The zero-order valence-corrected chi connectivity index (χ0v) is 36.2. The molecule has 338 valence electrons.